The number of carbonyl (C=O) groups is 2. The zero-order valence-corrected chi connectivity index (χ0v) is 26.2. The van der Waals surface area contributed by atoms with Crippen molar-refractivity contribution in [3.8, 4) is 5.75 Å². The number of aliphatic hydroxyl groups excluding tert-OH is 1. The number of hydrogen-bond acceptors (Lipinski definition) is 8. The van der Waals surface area contributed by atoms with Crippen molar-refractivity contribution in [1.29, 1.82) is 0 Å². The minimum Gasteiger partial charge on any atom is -0.494 e. The second kappa shape index (κ2) is 14.9. The maximum Gasteiger partial charge on any atom is 0.306 e. The van der Waals surface area contributed by atoms with E-state index in [1.54, 1.807) is 93.6 Å². The fourth-order valence-electron chi connectivity index (χ4n) is 4.82. The first kappa shape index (κ1) is 33.3. The van der Waals surface area contributed by atoms with Crippen LogP contribution in [0.4, 0.5) is 5.69 Å². The van der Waals surface area contributed by atoms with Crippen molar-refractivity contribution in [2.75, 3.05) is 13.2 Å². The molecule has 11 nitrogen and oxygen atoms in total. The zero-order valence-electron chi connectivity index (χ0n) is 25.4. The van der Waals surface area contributed by atoms with Crippen LogP contribution in [-0.4, -0.2) is 47.2 Å². The third-order valence-electron chi connectivity index (χ3n) is 6.90. The van der Waals surface area contributed by atoms with Crippen LogP contribution in [0.3, 0.4) is 0 Å². The number of carbonyl (C=O) groups excluding carboxylic acids is 2. The quantitative estimate of drug-likeness (QED) is 0.0698. The number of amides is 1. The Balaban J connectivity index is 1.77. The Morgan fingerprint density at radius 1 is 1.11 bits per heavy atom. The van der Waals surface area contributed by atoms with Crippen molar-refractivity contribution < 1.29 is 28.9 Å². The molecule has 0 saturated heterocycles. The van der Waals surface area contributed by atoms with Gasteiger partial charge < -0.3 is 24.6 Å². The molecular formula is C33H36ClN5O6. The van der Waals surface area contributed by atoms with E-state index in [1.807, 2.05) is 0 Å². The standard InChI is InChI=1S/C33H36ClN5O6/c1-32(2,3)45-28(41)17-18-33(31(42)36-21-22-9-13-24(34)14-10-22)29(26-7-4-5-8-27(26)38-39-35)44-30(37-33)23-11-15-25(16-12-23)43-20-6-19-40/h4-5,7-16,29,40H,6,17-21H2,1-3H3,(H,36,42)/t29-,33-/m1/s1. The molecule has 3 aromatic carbocycles. The highest BCUT2D eigenvalue weighted by Gasteiger charge is 2.53. The summed E-state index contributed by atoms with van der Waals surface area (Å²) in [4.78, 5) is 35.1. The Kier molecular flexibility index (Phi) is 11.1. The molecule has 0 aliphatic carbocycles. The molecule has 1 aliphatic rings. The summed E-state index contributed by atoms with van der Waals surface area (Å²) in [6, 6.07) is 20.8. The van der Waals surface area contributed by atoms with Crippen LogP contribution >= 0.6 is 11.6 Å². The van der Waals surface area contributed by atoms with Crippen molar-refractivity contribution in [3.63, 3.8) is 0 Å². The molecule has 0 unspecified atom stereocenters. The van der Waals surface area contributed by atoms with Crippen LogP contribution in [-0.2, 0) is 25.6 Å². The van der Waals surface area contributed by atoms with E-state index < -0.39 is 29.1 Å². The zero-order chi connectivity index (χ0) is 32.5. The lowest BCUT2D eigenvalue weighted by Crippen LogP contribution is -2.48. The molecule has 0 radical (unpaired) electrons. The molecule has 0 saturated carbocycles. The van der Waals surface area contributed by atoms with Gasteiger partial charge in [-0.2, -0.15) is 0 Å². The Labute approximate surface area is 266 Å². The lowest BCUT2D eigenvalue weighted by atomic mass is 9.82. The second-order valence-electron chi connectivity index (χ2n) is 11.4. The Bertz CT molecular complexity index is 1570. The number of benzene rings is 3. The van der Waals surface area contributed by atoms with Gasteiger partial charge in [-0.05, 0) is 74.7 Å². The molecule has 1 heterocycles. The SMILES string of the molecule is CC(C)(C)OC(=O)CC[C@@]1(C(=O)NCc2ccc(Cl)cc2)N=C(c2ccc(OCCCO)cc2)O[C@@H]1c1ccccc1N=[N+]=[N-]. The van der Waals surface area contributed by atoms with E-state index in [4.69, 9.17) is 35.9 Å². The molecule has 236 valence electrons. The molecule has 0 fully saturated rings. The van der Waals surface area contributed by atoms with E-state index in [-0.39, 0.29) is 37.6 Å². The molecule has 1 aliphatic heterocycles. The van der Waals surface area contributed by atoms with Crippen molar-refractivity contribution in [2.45, 2.75) is 63.8 Å². The van der Waals surface area contributed by atoms with Gasteiger partial charge in [-0.1, -0.05) is 53.1 Å². The first-order valence-electron chi connectivity index (χ1n) is 14.5. The van der Waals surface area contributed by atoms with Crippen LogP contribution in [0.15, 0.2) is 82.9 Å². The molecule has 45 heavy (non-hydrogen) atoms. The third-order valence-corrected chi connectivity index (χ3v) is 7.15. The molecule has 0 bridgehead atoms. The smallest absolute Gasteiger partial charge is 0.306 e. The Morgan fingerprint density at radius 3 is 2.49 bits per heavy atom. The predicted octanol–water partition coefficient (Wildman–Crippen LogP) is 6.74. The largest absolute Gasteiger partial charge is 0.494 e. The fraction of sp³-hybridized carbons (Fsp3) is 0.364. The van der Waals surface area contributed by atoms with Gasteiger partial charge in [0.2, 0.25) is 5.90 Å². The van der Waals surface area contributed by atoms with E-state index in [1.165, 1.54) is 0 Å². The van der Waals surface area contributed by atoms with Gasteiger partial charge in [0.15, 0.2) is 11.6 Å². The van der Waals surface area contributed by atoms with Gasteiger partial charge >= 0.3 is 5.97 Å². The average Bonchev–Trinajstić information content (AvgIpc) is 3.40. The number of nitrogens with zero attached hydrogens (tertiary/aromatic N) is 4. The lowest BCUT2D eigenvalue weighted by Gasteiger charge is -2.31. The monoisotopic (exact) mass is 633 g/mol. The lowest BCUT2D eigenvalue weighted by molar-refractivity contribution is -0.155. The topological polar surface area (TPSA) is 155 Å². The van der Waals surface area contributed by atoms with Crippen LogP contribution < -0.4 is 10.1 Å². The highest BCUT2D eigenvalue weighted by molar-refractivity contribution is 6.30. The maximum atomic E-state index is 14.3. The molecule has 12 heteroatoms. The summed E-state index contributed by atoms with van der Waals surface area (Å²) in [5.41, 5.74) is 8.99. The van der Waals surface area contributed by atoms with Gasteiger partial charge in [0, 0.05) is 52.7 Å². The molecule has 0 spiro atoms. The van der Waals surface area contributed by atoms with E-state index >= 15 is 0 Å². The highest BCUT2D eigenvalue weighted by atomic mass is 35.5. The van der Waals surface area contributed by atoms with E-state index in [0.29, 0.717) is 34.9 Å². The number of aliphatic imine (C=N–C) groups is 1. The van der Waals surface area contributed by atoms with E-state index in [2.05, 4.69) is 15.3 Å². The normalized spacial score (nSPS) is 17.4. The summed E-state index contributed by atoms with van der Waals surface area (Å²) in [5, 5.41) is 16.4. The summed E-state index contributed by atoms with van der Waals surface area (Å²) in [7, 11) is 0. The number of halogens is 1. The van der Waals surface area contributed by atoms with Crippen LogP contribution in [0, 0.1) is 0 Å². The predicted molar refractivity (Wildman–Crippen MR) is 170 cm³/mol. The van der Waals surface area contributed by atoms with Crippen molar-refractivity contribution in [2.24, 2.45) is 10.1 Å². The first-order chi connectivity index (χ1) is 21.5. The summed E-state index contributed by atoms with van der Waals surface area (Å²) in [6.07, 6.45) is -0.754. The van der Waals surface area contributed by atoms with Crippen molar-refractivity contribution in [1.82, 2.24) is 5.32 Å². The molecule has 3 aromatic rings. The Morgan fingerprint density at radius 2 is 1.82 bits per heavy atom. The number of ether oxygens (including phenoxy) is 3. The number of hydrogen-bond donors (Lipinski definition) is 2. The maximum absolute atomic E-state index is 14.3. The third kappa shape index (κ3) is 8.76. The second-order valence-corrected chi connectivity index (χ2v) is 11.9. The molecule has 1 amide bonds. The van der Waals surface area contributed by atoms with Crippen molar-refractivity contribution in [3.05, 3.63) is 105 Å². The summed E-state index contributed by atoms with van der Waals surface area (Å²) >= 11 is 6.04. The van der Waals surface area contributed by atoms with Gasteiger partial charge in [-0.15, -0.1) is 0 Å². The van der Waals surface area contributed by atoms with Crippen LogP contribution in [0.25, 0.3) is 10.4 Å². The highest BCUT2D eigenvalue weighted by Crippen LogP contribution is 2.46. The minimum atomic E-state index is -1.64. The van der Waals surface area contributed by atoms with E-state index in [9.17, 15) is 15.1 Å². The minimum absolute atomic E-state index is 0.0207. The van der Waals surface area contributed by atoms with Gasteiger partial charge in [-0.3, -0.25) is 9.59 Å². The molecule has 2 atom stereocenters. The summed E-state index contributed by atoms with van der Waals surface area (Å²) in [6.45, 7) is 5.85. The molecule has 4 rings (SSSR count). The number of rotatable bonds is 13. The fourth-order valence-corrected chi connectivity index (χ4v) is 4.94. The van der Waals surface area contributed by atoms with Crippen LogP contribution in [0.1, 0.15) is 62.8 Å². The van der Waals surface area contributed by atoms with Crippen LogP contribution in [0.2, 0.25) is 5.02 Å². The number of nitrogens with one attached hydrogen (secondary N) is 1. The van der Waals surface area contributed by atoms with E-state index in [0.717, 1.165) is 5.56 Å². The van der Waals surface area contributed by atoms with Crippen LogP contribution in [0.5, 0.6) is 5.75 Å². The number of esters is 1. The van der Waals surface area contributed by atoms with Gasteiger partial charge in [0.1, 0.15) is 11.4 Å². The van der Waals surface area contributed by atoms with Gasteiger partial charge in [0.05, 0.1) is 6.61 Å². The first-order valence-corrected chi connectivity index (χ1v) is 14.9. The summed E-state index contributed by atoms with van der Waals surface area (Å²) < 4.78 is 17.7. The average molecular weight is 634 g/mol. The molecular weight excluding hydrogens is 598 g/mol. The van der Waals surface area contributed by atoms with Crippen molar-refractivity contribution >= 4 is 35.1 Å². The van der Waals surface area contributed by atoms with Gasteiger partial charge in [0.25, 0.3) is 5.91 Å². The van der Waals surface area contributed by atoms with Gasteiger partial charge in [-0.25, -0.2) is 4.99 Å². The number of azide groups is 1. The number of aliphatic hydroxyl groups is 1. The Hall–Kier alpha value is -4.57. The summed E-state index contributed by atoms with van der Waals surface area (Å²) in [5.74, 6) is -0.223. The molecule has 0 aromatic heterocycles. The molecule has 2 N–H and O–H groups in total.